The number of nitrogens with one attached hydrogen (secondary N) is 1. The van der Waals surface area contributed by atoms with Crippen molar-refractivity contribution in [2.24, 2.45) is 17.1 Å². The van der Waals surface area contributed by atoms with Crippen molar-refractivity contribution < 1.29 is 14.1 Å². The van der Waals surface area contributed by atoms with Gasteiger partial charge in [-0.2, -0.15) is 15.3 Å². The van der Waals surface area contributed by atoms with E-state index in [1.165, 1.54) is 6.20 Å². The number of primary amides is 1. The number of anilines is 1. The van der Waals surface area contributed by atoms with Crippen LogP contribution in [0.4, 0.5) is 5.69 Å². The Morgan fingerprint density at radius 2 is 2.16 bits per heavy atom. The number of hydrogen-bond acceptors (Lipinski definition) is 8. The SMILES string of the molecule is Cc1noc(-c2cc3c(N[C@@H]4CN(C(=O)C5(C#N)CC5)C[C@@H]4C)c(C(N)=O)cnn3c2)n1. The van der Waals surface area contributed by atoms with Crippen molar-refractivity contribution in [3.05, 3.63) is 29.8 Å². The highest BCUT2D eigenvalue weighted by Gasteiger charge is 2.54. The van der Waals surface area contributed by atoms with Crippen molar-refractivity contribution in [2.45, 2.75) is 32.7 Å². The Kier molecular flexibility index (Phi) is 4.40. The molecule has 2 amide bonds. The average molecular weight is 434 g/mol. The lowest BCUT2D eigenvalue weighted by Crippen LogP contribution is -2.36. The molecule has 11 heteroatoms. The summed E-state index contributed by atoms with van der Waals surface area (Å²) in [5.41, 5.74) is 6.83. The standard InChI is InChI=1S/C21H22N8O3/c1-11-7-28(20(31)21(10-22)3-4-21)9-15(11)26-17-14(18(23)30)6-24-29-8-13(5-16(17)29)19-25-12(2)27-32-19/h5-6,8,11,15,26H,3-4,7,9H2,1-2H3,(H2,23,30)/t11-,15+/m0/s1. The zero-order chi connectivity index (χ0) is 22.6. The molecule has 1 saturated heterocycles. The molecule has 1 aliphatic carbocycles. The Morgan fingerprint density at radius 3 is 2.78 bits per heavy atom. The smallest absolute Gasteiger partial charge is 0.259 e. The minimum atomic E-state index is -0.852. The zero-order valence-electron chi connectivity index (χ0n) is 17.7. The van der Waals surface area contributed by atoms with Crippen LogP contribution in [0.15, 0.2) is 23.0 Å². The van der Waals surface area contributed by atoms with Crippen molar-refractivity contribution >= 4 is 23.0 Å². The van der Waals surface area contributed by atoms with Gasteiger partial charge in [0.25, 0.3) is 11.8 Å². The first-order valence-corrected chi connectivity index (χ1v) is 10.4. The molecule has 5 rings (SSSR count). The van der Waals surface area contributed by atoms with Crippen LogP contribution in [0.3, 0.4) is 0 Å². The van der Waals surface area contributed by atoms with Crippen LogP contribution in [-0.4, -0.2) is 55.6 Å². The maximum Gasteiger partial charge on any atom is 0.259 e. The van der Waals surface area contributed by atoms with Gasteiger partial charge in [0.2, 0.25) is 5.91 Å². The van der Waals surface area contributed by atoms with Gasteiger partial charge in [0, 0.05) is 25.3 Å². The summed E-state index contributed by atoms with van der Waals surface area (Å²) >= 11 is 0. The van der Waals surface area contributed by atoms with Gasteiger partial charge < -0.3 is 20.5 Å². The summed E-state index contributed by atoms with van der Waals surface area (Å²) in [5.74, 6) is 0.240. The maximum atomic E-state index is 12.8. The zero-order valence-corrected chi connectivity index (χ0v) is 17.7. The molecule has 0 radical (unpaired) electrons. The van der Waals surface area contributed by atoms with E-state index in [1.807, 2.05) is 6.92 Å². The minimum Gasteiger partial charge on any atom is -0.378 e. The fraction of sp³-hybridized carbons (Fsp3) is 0.429. The lowest BCUT2D eigenvalue weighted by atomic mass is 10.1. The van der Waals surface area contributed by atoms with Crippen LogP contribution in [0.1, 0.15) is 35.9 Å². The number of aryl methyl sites for hydroxylation is 1. The van der Waals surface area contributed by atoms with E-state index < -0.39 is 11.3 Å². The Hall–Kier alpha value is -3.94. The first-order valence-electron chi connectivity index (χ1n) is 10.4. The summed E-state index contributed by atoms with van der Waals surface area (Å²) in [6, 6.07) is 3.85. The quantitative estimate of drug-likeness (QED) is 0.610. The van der Waals surface area contributed by atoms with Crippen LogP contribution < -0.4 is 11.1 Å². The van der Waals surface area contributed by atoms with Gasteiger partial charge in [-0.25, -0.2) is 4.52 Å². The van der Waals surface area contributed by atoms with Crippen LogP contribution in [0, 0.1) is 29.6 Å². The van der Waals surface area contributed by atoms with Crippen LogP contribution in [0.25, 0.3) is 17.0 Å². The molecule has 164 valence electrons. The Balaban J connectivity index is 1.48. The third-order valence-electron chi connectivity index (χ3n) is 6.28. The van der Waals surface area contributed by atoms with E-state index in [2.05, 4.69) is 26.6 Å². The normalized spacial score (nSPS) is 21.5. The van der Waals surface area contributed by atoms with Gasteiger partial charge >= 0.3 is 0 Å². The highest BCUT2D eigenvalue weighted by Crippen LogP contribution is 2.47. The lowest BCUT2D eigenvalue weighted by molar-refractivity contribution is -0.134. The molecular weight excluding hydrogens is 412 g/mol. The summed E-state index contributed by atoms with van der Waals surface area (Å²) in [6.45, 7) is 4.74. The summed E-state index contributed by atoms with van der Waals surface area (Å²) < 4.78 is 6.86. The molecule has 3 aromatic heterocycles. The second kappa shape index (κ2) is 7.05. The number of rotatable bonds is 5. The average Bonchev–Trinajstić information content (AvgIpc) is 3.05. The number of carbonyl (C=O) groups is 2. The van der Waals surface area contributed by atoms with Gasteiger partial charge in [0.1, 0.15) is 5.41 Å². The van der Waals surface area contributed by atoms with Gasteiger partial charge in [0.05, 0.1) is 34.6 Å². The first-order chi connectivity index (χ1) is 15.3. The number of nitrogens with two attached hydrogens (primary N) is 1. The van der Waals surface area contributed by atoms with Crippen LogP contribution in [0.5, 0.6) is 0 Å². The molecule has 11 nitrogen and oxygen atoms in total. The van der Waals surface area contributed by atoms with E-state index in [-0.39, 0.29) is 23.4 Å². The number of hydrogen-bond donors (Lipinski definition) is 2. The van der Waals surface area contributed by atoms with E-state index in [0.717, 1.165) is 0 Å². The molecule has 1 saturated carbocycles. The van der Waals surface area contributed by atoms with Crippen molar-refractivity contribution in [2.75, 3.05) is 18.4 Å². The molecular formula is C21H22N8O3. The largest absolute Gasteiger partial charge is 0.378 e. The second-order valence-corrected chi connectivity index (χ2v) is 8.63. The van der Waals surface area contributed by atoms with E-state index in [9.17, 15) is 14.9 Å². The lowest BCUT2D eigenvalue weighted by Gasteiger charge is -2.21. The highest BCUT2D eigenvalue weighted by atomic mass is 16.5. The van der Waals surface area contributed by atoms with Gasteiger partial charge in [-0.05, 0) is 31.7 Å². The van der Waals surface area contributed by atoms with Crippen molar-refractivity contribution in [1.82, 2.24) is 24.7 Å². The molecule has 2 atom stereocenters. The molecule has 32 heavy (non-hydrogen) atoms. The number of amides is 2. The third-order valence-corrected chi connectivity index (χ3v) is 6.28. The molecule has 0 aromatic carbocycles. The monoisotopic (exact) mass is 434 g/mol. The van der Waals surface area contributed by atoms with Crippen LogP contribution >= 0.6 is 0 Å². The van der Waals surface area contributed by atoms with Crippen LogP contribution in [0.2, 0.25) is 0 Å². The van der Waals surface area contributed by atoms with Gasteiger partial charge in [-0.1, -0.05) is 12.1 Å². The number of fused-ring (bicyclic) bond motifs is 1. The van der Waals surface area contributed by atoms with E-state index >= 15 is 0 Å². The number of nitrogens with zero attached hydrogens (tertiary/aromatic N) is 6. The number of aromatic nitrogens is 4. The number of carbonyl (C=O) groups excluding carboxylic acids is 2. The fourth-order valence-electron chi connectivity index (χ4n) is 4.23. The first kappa shape index (κ1) is 20.0. The molecule has 3 aromatic rings. The Morgan fingerprint density at radius 1 is 1.38 bits per heavy atom. The van der Waals surface area contributed by atoms with E-state index in [1.54, 1.807) is 28.6 Å². The molecule has 3 N–H and O–H groups in total. The minimum absolute atomic E-state index is 0.107. The van der Waals surface area contributed by atoms with Crippen molar-refractivity contribution in [3.63, 3.8) is 0 Å². The topological polar surface area (TPSA) is 155 Å². The molecule has 2 fully saturated rings. The Bertz CT molecular complexity index is 1280. The molecule has 0 spiro atoms. The van der Waals surface area contributed by atoms with Gasteiger partial charge in [-0.15, -0.1) is 0 Å². The second-order valence-electron chi connectivity index (χ2n) is 8.63. The Labute approximate surface area is 183 Å². The maximum absolute atomic E-state index is 12.8. The summed E-state index contributed by atoms with van der Waals surface area (Å²) in [5, 5.41) is 20.9. The predicted octanol–water partition coefficient (Wildman–Crippen LogP) is 1.35. The van der Waals surface area contributed by atoms with E-state index in [4.69, 9.17) is 10.3 Å². The molecule has 0 unspecified atom stereocenters. The molecule has 4 heterocycles. The predicted molar refractivity (Wildman–Crippen MR) is 112 cm³/mol. The van der Waals surface area contributed by atoms with Gasteiger partial charge in [-0.3, -0.25) is 9.59 Å². The number of nitriles is 1. The molecule has 1 aliphatic heterocycles. The summed E-state index contributed by atoms with van der Waals surface area (Å²) in [4.78, 5) is 30.9. The summed E-state index contributed by atoms with van der Waals surface area (Å²) in [7, 11) is 0. The number of likely N-dealkylation sites (tertiary alicyclic amines) is 1. The fourth-order valence-corrected chi connectivity index (χ4v) is 4.23. The van der Waals surface area contributed by atoms with Gasteiger partial charge in [0.15, 0.2) is 5.82 Å². The molecule has 0 bridgehead atoms. The van der Waals surface area contributed by atoms with Crippen molar-refractivity contribution in [3.8, 4) is 17.5 Å². The van der Waals surface area contributed by atoms with E-state index in [0.29, 0.717) is 54.4 Å². The molecule has 2 aliphatic rings. The summed E-state index contributed by atoms with van der Waals surface area (Å²) in [6.07, 6.45) is 4.38. The third kappa shape index (κ3) is 3.15. The van der Waals surface area contributed by atoms with Crippen LogP contribution in [-0.2, 0) is 4.79 Å². The van der Waals surface area contributed by atoms with Crippen molar-refractivity contribution in [1.29, 1.82) is 5.26 Å². The highest BCUT2D eigenvalue weighted by molar-refractivity contribution is 6.02.